The number of hydrogen-bond donors (Lipinski definition) is 0. The van der Waals surface area contributed by atoms with Gasteiger partial charge in [0.15, 0.2) is 11.6 Å². The minimum absolute atomic E-state index is 0.0935. The van der Waals surface area contributed by atoms with Crippen molar-refractivity contribution < 1.29 is 19.1 Å². The lowest BCUT2D eigenvalue weighted by molar-refractivity contribution is -0.113. The highest BCUT2D eigenvalue weighted by atomic mass is 16.5. The summed E-state index contributed by atoms with van der Waals surface area (Å²) in [4.78, 5) is 27.7. The average Bonchev–Trinajstić information content (AvgIpc) is 2.80. The van der Waals surface area contributed by atoms with Gasteiger partial charge >= 0.3 is 0 Å². The van der Waals surface area contributed by atoms with E-state index in [2.05, 4.69) is 12.2 Å². The van der Waals surface area contributed by atoms with Gasteiger partial charge in [-0.1, -0.05) is 65.3 Å². The van der Waals surface area contributed by atoms with Crippen LogP contribution in [0.2, 0.25) is 0 Å². The second-order valence-corrected chi connectivity index (χ2v) is 9.48. The van der Waals surface area contributed by atoms with E-state index in [1.54, 1.807) is 31.4 Å². The number of carbonyl (C=O) groups excluding carboxylic acids is 2. The summed E-state index contributed by atoms with van der Waals surface area (Å²) in [6.45, 7) is 12.1. The molecule has 0 radical (unpaired) electrons. The zero-order valence-corrected chi connectivity index (χ0v) is 21.9. The largest absolute Gasteiger partial charge is 0.500 e. The highest BCUT2D eigenvalue weighted by Crippen LogP contribution is 2.51. The molecule has 1 aliphatic carbocycles. The van der Waals surface area contributed by atoms with Gasteiger partial charge in [0.25, 0.3) is 0 Å². The van der Waals surface area contributed by atoms with Gasteiger partial charge in [0.05, 0.1) is 19.6 Å². The monoisotopic (exact) mass is 462 g/mol. The van der Waals surface area contributed by atoms with Crippen LogP contribution in [0.3, 0.4) is 0 Å². The van der Waals surface area contributed by atoms with Crippen molar-refractivity contribution >= 4 is 11.6 Å². The Morgan fingerprint density at radius 3 is 1.74 bits per heavy atom. The molecule has 0 heterocycles. The van der Waals surface area contributed by atoms with Crippen molar-refractivity contribution in [2.75, 3.05) is 14.2 Å². The van der Waals surface area contributed by atoms with Crippen LogP contribution in [-0.2, 0) is 14.3 Å². The molecule has 0 amide bonds. The predicted molar refractivity (Wildman–Crippen MR) is 138 cm³/mol. The van der Waals surface area contributed by atoms with Gasteiger partial charge in [-0.15, -0.1) is 0 Å². The molecule has 1 aromatic rings. The first-order chi connectivity index (χ1) is 16.1. The van der Waals surface area contributed by atoms with Gasteiger partial charge in [-0.05, 0) is 60.8 Å². The number of hydrogen-bond acceptors (Lipinski definition) is 4. The van der Waals surface area contributed by atoms with Crippen LogP contribution in [0, 0.1) is 5.41 Å². The van der Waals surface area contributed by atoms with Crippen molar-refractivity contribution in [3.05, 3.63) is 93.5 Å². The number of allylic oxidation sites excluding steroid dienone is 8. The van der Waals surface area contributed by atoms with Gasteiger partial charge in [0.2, 0.25) is 0 Å². The Hall–Kier alpha value is -3.14. The lowest BCUT2D eigenvalue weighted by Gasteiger charge is -2.40. The Morgan fingerprint density at radius 2 is 1.29 bits per heavy atom. The van der Waals surface area contributed by atoms with Crippen molar-refractivity contribution in [1.29, 1.82) is 0 Å². The van der Waals surface area contributed by atoms with Crippen LogP contribution in [0.5, 0.6) is 0 Å². The van der Waals surface area contributed by atoms with E-state index in [9.17, 15) is 9.59 Å². The second kappa shape index (κ2) is 11.8. The van der Waals surface area contributed by atoms with Crippen molar-refractivity contribution in [3.63, 3.8) is 0 Å². The molecular weight excluding hydrogens is 424 g/mol. The van der Waals surface area contributed by atoms with Gasteiger partial charge in [0.1, 0.15) is 17.1 Å². The van der Waals surface area contributed by atoms with Crippen LogP contribution >= 0.6 is 0 Å². The molecule has 182 valence electrons. The lowest BCUT2D eigenvalue weighted by atomic mass is 9.67. The summed E-state index contributed by atoms with van der Waals surface area (Å²) < 4.78 is 12.0. The molecule has 0 N–H and O–H groups in total. The van der Waals surface area contributed by atoms with E-state index in [1.807, 2.05) is 53.7 Å². The van der Waals surface area contributed by atoms with Crippen molar-refractivity contribution in [1.82, 2.24) is 0 Å². The molecule has 0 atom stereocenters. The van der Waals surface area contributed by atoms with Crippen LogP contribution in [0.25, 0.3) is 0 Å². The fourth-order valence-corrected chi connectivity index (χ4v) is 4.25. The van der Waals surface area contributed by atoms with Gasteiger partial charge in [-0.25, -0.2) is 0 Å². The Morgan fingerprint density at radius 1 is 0.794 bits per heavy atom. The Bertz CT molecular complexity index is 1050. The van der Waals surface area contributed by atoms with Crippen molar-refractivity contribution in [3.8, 4) is 0 Å². The smallest absolute Gasteiger partial charge is 0.200 e. The number of methoxy groups -OCH3 is 2. The highest BCUT2D eigenvalue weighted by molar-refractivity contribution is 6.32. The molecule has 4 nitrogen and oxygen atoms in total. The molecule has 0 aliphatic heterocycles. The van der Waals surface area contributed by atoms with Crippen LogP contribution in [0.4, 0.5) is 0 Å². The average molecular weight is 463 g/mol. The summed E-state index contributed by atoms with van der Waals surface area (Å²) in [6.07, 6.45) is 7.72. The summed E-state index contributed by atoms with van der Waals surface area (Å²) in [5.41, 5.74) is 3.62. The standard InChI is InChI=1S/C30H38O4/c1-20(2)14-15-24-27(32)25(26(31)23-12-10-9-11-13-23)29(34-8)30(28(24)33-7,18-16-21(3)4)19-17-22(5)6/h9-14,16-17H,15,18-19H2,1-8H3. The summed E-state index contributed by atoms with van der Waals surface area (Å²) in [7, 11) is 3.14. The molecule has 0 unspecified atom stereocenters. The molecule has 4 heteroatoms. The first-order valence-electron chi connectivity index (χ1n) is 11.7. The first-order valence-corrected chi connectivity index (χ1v) is 11.7. The second-order valence-electron chi connectivity index (χ2n) is 9.48. The highest BCUT2D eigenvalue weighted by Gasteiger charge is 2.50. The van der Waals surface area contributed by atoms with Gasteiger partial charge in [-0.3, -0.25) is 9.59 Å². The number of benzene rings is 1. The summed E-state index contributed by atoms with van der Waals surface area (Å²) in [5, 5.41) is 0. The maximum absolute atomic E-state index is 13.9. The van der Waals surface area contributed by atoms with Crippen LogP contribution in [-0.4, -0.2) is 25.8 Å². The topological polar surface area (TPSA) is 52.6 Å². The molecule has 34 heavy (non-hydrogen) atoms. The number of rotatable bonds is 10. The maximum Gasteiger partial charge on any atom is 0.200 e. The van der Waals surface area contributed by atoms with E-state index in [0.717, 1.165) is 16.7 Å². The molecule has 0 saturated carbocycles. The summed E-state index contributed by atoms with van der Waals surface area (Å²) in [5.74, 6) is 0.293. The zero-order valence-electron chi connectivity index (χ0n) is 21.9. The van der Waals surface area contributed by atoms with E-state index in [4.69, 9.17) is 9.47 Å². The zero-order chi connectivity index (χ0) is 25.5. The quantitative estimate of drug-likeness (QED) is 0.208. The molecule has 2 rings (SSSR count). The SMILES string of the molecule is COC1=C(CC=C(C)C)C(=O)C(C(=O)c2ccccc2)=C(OC)C1(CC=C(C)C)CC=C(C)C. The maximum atomic E-state index is 13.9. The van der Waals surface area contributed by atoms with Crippen LogP contribution in [0.1, 0.15) is 71.2 Å². The fraction of sp³-hybridized carbons (Fsp3) is 0.400. The summed E-state index contributed by atoms with van der Waals surface area (Å²) in [6, 6.07) is 8.91. The normalized spacial score (nSPS) is 15.0. The first kappa shape index (κ1) is 27.1. The number of ether oxygens (including phenoxy) is 2. The molecule has 0 fully saturated rings. The molecule has 1 aromatic carbocycles. The molecule has 1 aliphatic rings. The van der Waals surface area contributed by atoms with E-state index in [1.165, 1.54) is 7.11 Å². The Labute approximate surface area is 204 Å². The van der Waals surface area contributed by atoms with Gasteiger partial charge < -0.3 is 9.47 Å². The number of carbonyl (C=O) groups is 2. The van der Waals surface area contributed by atoms with E-state index in [0.29, 0.717) is 41.9 Å². The Kier molecular flexibility index (Phi) is 9.43. The van der Waals surface area contributed by atoms with Crippen LogP contribution < -0.4 is 0 Å². The third kappa shape index (κ3) is 5.85. The molecule has 0 spiro atoms. The van der Waals surface area contributed by atoms with E-state index < -0.39 is 5.41 Å². The minimum atomic E-state index is -0.809. The molecular formula is C30H38O4. The third-order valence-electron chi connectivity index (χ3n) is 5.97. The van der Waals surface area contributed by atoms with Crippen LogP contribution in [0.15, 0.2) is 87.9 Å². The molecule has 0 saturated heterocycles. The van der Waals surface area contributed by atoms with Gasteiger partial charge in [0, 0.05) is 11.1 Å². The summed E-state index contributed by atoms with van der Waals surface area (Å²) >= 11 is 0. The fourth-order valence-electron chi connectivity index (χ4n) is 4.25. The molecule has 0 aromatic heterocycles. The minimum Gasteiger partial charge on any atom is -0.500 e. The predicted octanol–water partition coefficient (Wildman–Crippen LogP) is 7.31. The van der Waals surface area contributed by atoms with Crippen molar-refractivity contribution in [2.45, 2.75) is 60.8 Å². The Balaban J connectivity index is 2.96. The van der Waals surface area contributed by atoms with E-state index >= 15 is 0 Å². The molecule has 0 bridgehead atoms. The lowest BCUT2D eigenvalue weighted by Crippen LogP contribution is -2.38. The number of Topliss-reactive ketones (excluding diaryl/α,β-unsaturated/α-hetero) is 2. The third-order valence-corrected chi connectivity index (χ3v) is 5.97. The van der Waals surface area contributed by atoms with E-state index in [-0.39, 0.29) is 17.1 Å². The van der Waals surface area contributed by atoms with Gasteiger partial charge in [-0.2, -0.15) is 0 Å². The van der Waals surface area contributed by atoms with Crippen molar-refractivity contribution in [2.24, 2.45) is 5.41 Å². The number of ketones is 2.